The third kappa shape index (κ3) is 3.27. The van der Waals surface area contributed by atoms with Crippen molar-refractivity contribution in [3.8, 4) is 0 Å². The summed E-state index contributed by atoms with van der Waals surface area (Å²) >= 11 is 1.46. The quantitative estimate of drug-likeness (QED) is 0.728. The minimum Gasteiger partial charge on any atom is -0.321 e. The average Bonchev–Trinajstić information content (AvgIpc) is 2.88. The Hall–Kier alpha value is -1.95. The van der Waals surface area contributed by atoms with Gasteiger partial charge in [0.25, 0.3) is 0 Å². The van der Waals surface area contributed by atoms with Crippen molar-refractivity contribution in [3.63, 3.8) is 0 Å². The molecule has 1 aliphatic rings. The van der Waals surface area contributed by atoms with E-state index in [1.807, 2.05) is 32.9 Å². The van der Waals surface area contributed by atoms with Crippen molar-refractivity contribution in [2.24, 2.45) is 0 Å². The van der Waals surface area contributed by atoms with Gasteiger partial charge in [0.15, 0.2) is 17.5 Å². The Morgan fingerprint density at radius 3 is 2.36 bits per heavy atom. The minimum absolute atomic E-state index is 0.0258. The predicted molar refractivity (Wildman–Crippen MR) is 92.7 cm³/mol. The maximum atomic E-state index is 14.0. The van der Waals surface area contributed by atoms with Gasteiger partial charge in [0.2, 0.25) is 5.91 Å². The zero-order valence-electron chi connectivity index (χ0n) is 14.2. The topological polar surface area (TPSA) is 20.3 Å². The molecule has 1 atom stereocenters. The minimum atomic E-state index is -1.50. The maximum absolute atomic E-state index is 14.0. The van der Waals surface area contributed by atoms with E-state index in [1.165, 1.54) is 22.7 Å². The number of hydrogen-bond acceptors (Lipinski definition) is 2. The van der Waals surface area contributed by atoms with E-state index in [0.29, 0.717) is 0 Å². The largest absolute Gasteiger partial charge is 0.321 e. The van der Waals surface area contributed by atoms with E-state index in [-0.39, 0.29) is 29.1 Å². The van der Waals surface area contributed by atoms with Crippen LogP contribution in [0.15, 0.2) is 24.3 Å². The van der Waals surface area contributed by atoms with Crippen molar-refractivity contribution in [1.29, 1.82) is 0 Å². The lowest BCUT2D eigenvalue weighted by Crippen LogP contribution is -2.29. The van der Waals surface area contributed by atoms with Crippen molar-refractivity contribution in [1.82, 2.24) is 4.90 Å². The monoisotopic (exact) mass is 365 g/mol. The lowest BCUT2D eigenvalue weighted by Gasteiger charge is -2.27. The Kier molecular flexibility index (Phi) is 4.82. The summed E-state index contributed by atoms with van der Waals surface area (Å²) in [5.41, 5.74) is 4.24. The van der Waals surface area contributed by atoms with Crippen LogP contribution in [-0.4, -0.2) is 16.6 Å². The molecule has 6 heteroatoms. The van der Waals surface area contributed by atoms with Crippen molar-refractivity contribution in [2.45, 2.75) is 32.7 Å². The highest BCUT2D eigenvalue weighted by Gasteiger charge is 2.35. The Morgan fingerprint density at radius 2 is 1.72 bits per heavy atom. The smallest absolute Gasteiger partial charge is 0.234 e. The number of amides is 1. The summed E-state index contributed by atoms with van der Waals surface area (Å²) in [6, 6.07) is 6.17. The van der Waals surface area contributed by atoms with Crippen LogP contribution in [0.1, 0.15) is 33.2 Å². The molecule has 0 bridgehead atoms. The van der Waals surface area contributed by atoms with Gasteiger partial charge in [0.1, 0.15) is 5.37 Å². The van der Waals surface area contributed by atoms with E-state index in [0.717, 1.165) is 28.3 Å². The van der Waals surface area contributed by atoms with Crippen LogP contribution < -0.4 is 0 Å². The molecule has 132 valence electrons. The summed E-state index contributed by atoms with van der Waals surface area (Å²) in [4.78, 5) is 13.9. The molecule has 3 rings (SSSR count). The van der Waals surface area contributed by atoms with Gasteiger partial charge in [0.05, 0.1) is 12.3 Å². The molecule has 0 spiro atoms. The first-order valence-electron chi connectivity index (χ1n) is 7.90. The molecule has 2 aromatic rings. The molecule has 0 radical (unpaired) electrons. The second-order valence-corrected chi connectivity index (χ2v) is 7.40. The van der Waals surface area contributed by atoms with E-state index in [1.54, 1.807) is 0 Å². The number of nitrogens with zero attached hydrogens (tertiary/aromatic N) is 1. The van der Waals surface area contributed by atoms with Crippen LogP contribution in [0.4, 0.5) is 13.2 Å². The fraction of sp³-hybridized carbons (Fsp3) is 0.316. The normalized spacial score (nSPS) is 17.4. The van der Waals surface area contributed by atoms with Crippen molar-refractivity contribution in [2.75, 3.05) is 5.75 Å². The molecular weight excluding hydrogens is 347 g/mol. The first-order valence-corrected chi connectivity index (χ1v) is 8.95. The highest BCUT2D eigenvalue weighted by atomic mass is 32.2. The number of benzene rings is 2. The first kappa shape index (κ1) is 17.9. The fourth-order valence-electron chi connectivity index (χ4n) is 3.32. The Bertz CT molecular complexity index is 830. The Balaban J connectivity index is 1.98. The third-order valence-electron chi connectivity index (χ3n) is 4.41. The van der Waals surface area contributed by atoms with Crippen LogP contribution in [-0.2, 0) is 11.3 Å². The molecule has 2 nitrogen and oxygen atoms in total. The van der Waals surface area contributed by atoms with Gasteiger partial charge in [-0.05, 0) is 43.5 Å². The molecular formula is C19H18F3NOS. The Morgan fingerprint density at radius 1 is 1.08 bits per heavy atom. The zero-order valence-corrected chi connectivity index (χ0v) is 15.0. The van der Waals surface area contributed by atoms with Gasteiger partial charge in [-0.1, -0.05) is 23.8 Å². The molecule has 1 heterocycles. The van der Waals surface area contributed by atoms with Gasteiger partial charge < -0.3 is 4.90 Å². The average molecular weight is 365 g/mol. The standard InChI is InChI=1S/C19H18F3NOS/c1-10-6-11(2)16(12(3)7-10)19-23(15(24)9-25-19)8-13-4-5-14(20)18(22)17(13)21/h4-7,19H,8-9H2,1-3H3. The molecule has 0 saturated carbocycles. The summed E-state index contributed by atoms with van der Waals surface area (Å²) in [7, 11) is 0. The fourth-order valence-corrected chi connectivity index (χ4v) is 4.69. The summed E-state index contributed by atoms with van der Waals surface area (Å²) in [6.45, 7) is 5.88. The van der Waals surface area contributed by atoms with Crippen molar-refractivity contribution < 1.29 is 18.0 Å². The summed E-state index contributed by atoms with van der Waals surface area (Å²) in [6.07, 6.45) is 0. The SMILES string of the molecule is Cc1cc(C)c(C2SCC(=O)N2Cc2ccc(F)c(F)c2F)c(C)c1. The predicted octanol–water partition coefficient (Wildman–Crippen LogP) is 4.80. The van der Waals surface area contributed by atoms with Crippen LogP contribution in [0.2, 0.25) is 0 Å². The lowest BCUT2D eigenvalue weighted by atomic mass is 9.99. The van der Waals surface area contributed by atoms with Crippen LogP contribution in [0, 0.1) is 38.2 Å². The number of hydrogen-bond donors (Lipinski definition) is 0. The van der Waals surface area contributed by atoms with Crippen LogP contribution >= 0.6 is 11.8 Å². The molecule has 1 saturated heterocycles. The molecule has 1 fully saturated rings. The van der Waals surface area contributed by atoms with E-state index in [2.05, 4.69) is 0 Å². The molecule has 2 aromatic carbocycles. The van der Waals surface area contributed by atoms with Crippen LogP contribution in [0.25, 0.3) is 0 Å². The highest BCUT2D eigenvalue weighted by molar-refractivity contribution is 8.00. The highest BCUT2D eigenvalue weighted by Crippen LogP contribution is 2.42. The Labute approximate surface area is 149 Å². The molecule has 0 aromatic heterocycles. The maximum Gasteiger partial charge on any atom is 0.234 e. The first-order chi connectivity index (χ1) is 11.8. The van der Waals surface area contributed by atoms with Gasteiger partial charge in [-0.3, -0.25) is 4.79 Å². The second-order valence-electron chi connectivity index (χ2n) is 6.33. The number of halogens is 3. The second kappa shape index (κ2) is 6.75. The summed E-state index contributed by atoms with van der Waals surface area (Å²) in [5.74, 6) is -3.83. The van der Waals surface area contributed by atoms with E-state index in [9.17, 15) is 18.0 Å². The van der Waals surface area contributed by atoms with Crippen LogP contribution in [0.3, 0.4) is 0 Å². The lowest BCUT2D eigenvalue weighted by molar-refractivity contribution is -0.128. The number of rotatable bonds is 3. The van der Waals surface area contributed by atoms with Gasteiger partial charge in [-0.15, -0.1) is 11.8 Å². The molecule has 0 N–H and O–H groups in total. The van der Waals surface area contributed by atoms with Crippen LogP contribution in [0.5, 0.6) is 0 Å². The molecule has 0 aliphatic carbocycles. The van der Waals surface area contributed by atoms with E-state index in [4.69, 9.17) is 0 Å². The van der Waals surface area contributed by atoms with E-state index < -0.39 is 17.5 Å². The van der Waals surface area contributed by atoms with E-state index >= 15 is 0 Å². The number of carbonyl (C=O) groups is 1. The van der Waals surface area contributed by atoms with Gasteiger partial charge >= 0.3 is 0 Å². The number of thioether (sulfide) groups is 1. The van der Waals surface area contributed by atoms with Gasteiger partial charge in [-0.2, -0.15) is 0 Å². The number of carbonyl (C=O) groups excluding carboxylic acids is 1. The van der Waals surface area contributed by atoms with Gasteiger partial charge in [0, 0.05) is 5.56 Å². The molecule has 1 unspecified atom stereocenters. The molecule has 1 aliphatic heterocycles. The molecule has 1 amide bonds. The number of aryl methyl sites for hydroxylation is 3. The zero-order chi connectivity index (χ0) is 18.3. The van der Waals surface area contributed by atoms with Gasteiger partial charge in [-0.25, -0.2) is 13.2 Å². The van der Waals surface area contributed by atoms with Crippen molar-refractivity contribution >= 4 is 17.7 Å². The molecule has 25 heavy (non-hydrogen) atoms. The summed E-state index contributed by atoms with van der Waals surface area (Å²) < 4.78 is 40.7. The summed E-state index contributed by atoms with van der Waals surface area (Å²) in [5, 5.41) is -0.263. The van der Waals surface area contributed by atoms with Crippen molar-refractivity contribution in [3.05, 3.63) is 69.5 Å². The third-order valence-corrected chi connectivity index (χ3v) is 5.63.